The van der Waals surface area contributed by atoms with Crippen molar-refractivity contribution in [2.24, 2.45) is 0 Å². The van der Waals surface area contributed by atoms with Crippen molar-refractivity contribution in [3.8, 4) is 0 Å². The highest BCUT2D eigenvalue weighted by Crippen LogP contribution is 2.05. The average Bonchev–Trinajstić information content (AvgIpc) is 2.05. The summed E-state index contributed by atoms with van der Waals surface area (Å²) in [7, 11) is 0. The maximum absolute atomic E-state index is 6.56. The number of halogens is 1. The molecule has 1 aromatic rings. The summed E-state index contributed by atoms with van der Waals surface area (Å²) in [5, 5.41) is 0. The Kier molecular flexibility index (Phi) is 2.19. The second kappa shape index (κ2) is 3.14. The van der Waals surface area contributed by atoms with Gasteiger partial charge in [0.05, 0.1) is 17.8 Å². The van der Waals surface area contributed by atoms with E-state index in [4.69, 9.17) is 18.2 Å². The standard InChI is InChI=1S/C6H4ClN3/c1-8-6-4-9-5(2-7)3-10-6/h3-4H,2H2. The van der Waals surface area contributed by atoms with E-state index in [1.807, 2.05) is 0 Å². The molecule has 4 heteroatoms. The van der Waals surface area contributed by atoms with E-state index in [1.54, 1.807) is 0 Å². The third-order valence-corrected chi connectivity index (χ3v) is 1.22. The number of aromatic nitrogens is 2. The molecular weight excluding hydrogens is 150 g/mol. The molecule has 0 aliphatic rings. The van der Waals surface area contributed by atoms with Crippen LogP contribution < -0.4 is 0 Å². The molecule has 0 aromatic carbocycles. The van der Waals surface area contributed by atoms with Gasteiger partial charge in [-0.2, -0.15) is 0 Å². The lowest BCUT2D eigenvalue weighted by Gasteiger charge is -1.88. The molecule has 1 rings (SSSR count). The Morgan fingerprint density at radius 1 is 1.50 bits per heavy atom. The first-order chi connectivity index (χ1) is 4.86. The third-order valence-electron chi connectivity index (χ3n) is 0.943. The van der Waals surface area contributed by atoms with Gasteiger partial charge in [0.15, 0.2) is 0 Å². The number of nitrogens with zero attached hydrogens (tertiary/aromatic N) is 3. The maximum atomic E-state index is 6.56. The van der Waals surface area contributed by atoms with Crippen molar-refractivity contribution in [2.75, 3.05) is 0 Å². The summed E-state index contributed by atoms with van der Waals surface area (Å²) in [5.41, 5.74) is 0.689. The van der Waals surface area contributed by atoms with E-state index in [0.29, 0.717) is 17.4 Å². The summed E-state index contributed by atoms with van der Waals surface area (Å²) in [6.45, 7) is 6.56. The molecular formula is C6H4ClN3. The van der Waals surface area contributed by atoms with Crippen LogP contribution >= 0.6 is 11.6 Å². The van der Waals surface area contributed by atoms with Gasteiger partial charge in [0.25, 0.3) is 5.82 Å². The van der Waals surface area contributed by atoms with Gasteiger partial charge in [-0.25, -0.2) is 0 Å². The number of hydrogen-bond donors (Lipinski definition) is 0. The summed E-state index contributed by atoms with van der Waals surface area (Å²) in [6.07, 6.45) is 2.91. The Labute approximate surface area is 63.5 Å². The van der Waals surface area contributed by atoms with E-state index in [0.717, 1.165) is 0 Å². The van der Waals surface area contributed by atoms with Gasteiger partial charge in [-0.3, -0.25) is 4.98 Å². The van der Waals surface area contributed by atoms with Crippen LogP contribution in [-0.4, -0.2) is 9.97 Å². The second-order valence-electron chi connectivity index (χ2n) is 1.61. The van der Waals surface area contributed by atoms with Gasteiger partial charge in [-0.1, -0.05) is 6.57 Å². The molecule has 0 saturated heterocycles. The lowest BCUT2D eigenvalue weighted by molar-refractivity contribution is 1.11. The van der Waals surface area contributed by atoms with E-state index in [1.165, 1.54) is 12.4 Å². The van der Waals surface area contributed by atoms with E-state index < -0.39 is 0 Å². The predicted molar refractivity (Wildman–Crippen MR) is 37.9 cm³/mol. The second-order valence-corrected chi connectivity index (χ2v) is 1.88. The topological polar surface area (TPSA) is 30.1 Å². The van der Waals surface area contributed by atoms with E-state index in [2.05, 4.69) is 14.8 Å². The highest BCUT2D eigenvalue weighted by Gasteiger charge is 1.94. The Hall–Kier alpha value is -1.14. The molecule has 0 radical (unpaired) electrons. The van der Waals surface area contributed by atoms with Crippen LogP contribution in [0.1, 0.15) is 5.69 Å². The molecule has 3 nitrogen and oxygen atoms in total. The monoisotopic (exact) mass is 153 g/mol. The predicted octanol–water partition coefficient (Wildman–Crippen LogP) is 1.77. The van der Waals surface area contributed by atoms with Crippen LogP contribution in [0.2, 0.25) is 0 Å². The van der Waals surface area contributed by atoms with Crippen LogP contribution in [0.25, 0.3) is 4.85 Å². The minimum atomic E-state index is 0.300. The fraction of sp³-hybridized carbons (Fsp3) is 0.167. The van der Waals surface area contributed by atoms with Gasteiger partial charge in [0.2, 0.25) is 0 Å². The van der Waals surface area contributed by atoms with Crippen molar-refractivity contribution in [1.82, 2.24) is 9.97 Å². The molecule has 0 amide bonds. The van der Waals surface area contributed by atoms with Crippen molar-refractivity contribution in [3.05, 3.63) is 29.5 Å². The van der Waals surface area contributed by atoms with Crippen molar-refractivity contribution in [1.29, 1.82) is 0 Å². The molecule has 0 aliphatic carbocycles. The average molecular weight is 154 g/mol. The van der Waals surface area contributed by atoms with Crippen molar-refractivity contribution < 1.29 is 0 Å². The molecule has 50 valence electrons. The molecule has 0 N–H and O–H groups in total. The van der Waals surface area contributed by atoms with Crippen molar-refractivity contribution in [3.63, 3.8) is 0 Å². The molecule has 10 heavy (non-hydrogen) atoms. The largest absolute Gasteiger partial charge is 0.359 e. The van der Waals surface area contributed by atoms with Crippen molar-refractivity contribution in [2.45, 2.75) is 5.88 Å². The van der Waals surface area contributed by atoms with Crippen LogP contribution in [0.5, 0.6) is 0 Å². The highest BCUT2D eigenvalue weighted by molar-refractivity contribution is 6.16. The molecule has 0 spiro atoms. The van der Waals surface area contributed by atoms with Gasteiger partial charge in [0.1, 0.15) is 6.20 Å². The zero-order valence-corrected chi connectivity index (χ0v) is 5.84. The first-order valence-electron chi connectivity index (χ1n) is 2.61. The zero-order valence-electron chi connectivity index (χ0n) is 5.08. The summed E-state index contributed by atoms with van der Waals surface area (Å²) in [4.78, 5) is 10.7. The number of hydrogen-bond acceptors (Lipinski definition) is 2. The zero-order chi connectivity index (χ0) is 7.40. The minimum absolute atomic E-state index is 0.300. The van der Waals surface area contributed by atoms with Crippen LogP contribution in [0.15, 0.2) is 12.4 Å². The van der Waals surface area contributed by atoms with Crippen LogP contribution in [-0.2, 0) is 5.88 Å². The Balaban J connectivity index is 2.93. The molecule has 0 bridgehead atoms. The number of alkyl halides is 1. The molecule has 1 heterocycles. The molecule has 0 aliphatic heterocycles. The smallest absolute Gasteiger partial charge is 0.287 e. The van der Waals surface area contributed by atoms with Gasteiger partial charge in [0, 0.05) is 0 Å². The van der Waals surface area contributed by atoms with Gasteiger partial charge in [-0.05, 0) is 0 Å². The van der Waals surface area contributed by atoms with Crippen LogP contribution in [0.4, 0.5) is 5.82 Å². The number of rotatable bonds is 1. The van der Waals surface area contributed by atoms with Gasteiger partial charge < -0.3 is 4.85 Å². The van der Waals surface area contributed by atoms with Gasteiger partial charge in [-0.15, -0.1) is 16.6 Å². The lowest BCUT2D eigenvalue weighted by Crippen LogP contribution is -1.84. The quantitative estimate of drug-likeness (QED) is 0.455. The lowest BCUT2D eigenvalue weighted by atomic mass is 10.5. The summed E-state index contributed by atoms with van der Waals surface area (Å²) < 4.78 is 0. The third kappa shape index (κ3) is 1.42. The first kappa shape index (κ1) is 6.97. The Morgan fingerprint density at radius 3 is 2.70 bits per heavy atom. The molecule has 0 saturated carbocycles. The molecule has 1 aromatic heterocycles. The van der Waals surface area contributed by atoms with Crippen molar-refractivity contribution >= 4 is 17.4 Å². The normalized spacial score (nSPS) is 8.80. The van der Waals surface area contributed by atoms with Gasteiger partial charge >= 0.3 is 0 Å². The molecule has 0 atom stereocenters. The fourth-order valence-electron chi connectivity index (χ4n) is 0.475. The molecule has 0 unspecified atom stereocenters. The van der Waals surface area contributed by atoms with Crippen LogP contribution in [0.3, 0.4) is 0 Å². The van der Waals surface area contributed by atoms with E-state index >= 15 is 0 Å². The summed E-state index contributed by atoms with van der Waals surface area (Å²) in [5.74, 6) is 0.638. The SMILES string of the molecule is [C-]#[N+]c1cnc(CCl)cn1. The van der Waals surface area contributed by atoms with E-state index in [9.17, 15) is 0 Å². The fourth-order valence-corrected chi connectivity index (χ4v) is 0.613. The first-order valence-corrected chi connectivity index (χ1v) is 3.14. The highest BCUT2D eigenvalue weighted by atomic mass is 35.5. The maximum Gasteiger partial charge on any atom is 0.287 e. The Morgan fingerprint density at radius 2 is 2.30 bits per heavy atom. The summed E-state index contributed by atoms with van der Waals surface area (Å²) >= 11 is 5.44. The molecule has 0 fully saturated rings. The summed E-state index contributed by atoms with van der Waals surface area (Å²) in [6, 6.07) is 0. The Bertz CT molecular complexity index is 249. The van der Waals surface area contributed by atoms with E-state index in [-0.39, 0.29) is 0 Å². The minimum Gasteiger partial charge on any atom is -0.359 e. The van der Waals surface area contributed by atoms with Crippen LogP contribution in [0, 0.1) is 6.57 Å².